The molecule has 2 aromatic carbocycles. The van der Waals surface area contributed by atoms with Crippen LogP contribution in [0.25, 0.3) is 11.1 Å². The van der Waals surface area contributed by atoms with Gasteiger partial charge in [0.05, 0.1) is 5.16 Å². The predicted molar refractivity (Wildman–Crippen MR) is 135 cm³/mol. The maximum absolute atomic E-state index is 3.28. The summed E-state index contributed by atoms with van der Waals surface area (Å²) in [6.45, 7) is 6.97. The summed E-state index contributed by atoms with van der Waals surface area (Å²) in [6.07, 6.45) is 9.17. The molecule has 2 N–H and O–H groups in total. The first-order chi connectivity index (χ1) is 14.4. The molecule has 0 aliphatic rings. The van der Waals surface area contributed by atoms with Gasteiger partial charge in [0.2, 0.25) is 0 Å². The summed E-state index contributed by atoms with van der Waals surface area (Å²) < 4.78 is 0. The van der Waals surface area contributed by atoms with Crippen molar-refractivity contribution >= 4 is 18.5 Å². The van der Waals surface area contributed by atoms with Crippen LogP contribution in [0.5, 0.6) is 0 Å². The van der Waals surface area contributed by atoms with Gasteiger partial charge in [-0.05, 0) is 62.7 Å². The Balaban J connectivity index is 2.15. The molecule has 0 aliphatic heterocycles. The molecule has 0 radical (unpaired) electrons. The van der Waals surface area contributed by atoms with Gasteiger partial charge >= 0.3 is 0 Å². The van der Waals surface area contributed by atoms with Gasteiger partial charge in [-0.15, -0.1) is 18.5 Å². The number of benzene rings is 2. The molecule has 0 spiro atoms. The first kappa shape index (κ1) is 21.1. The number of aromatic nitrogens is 2. The van der Waals surface area contributed by atoms with Gasteiger partial charge in [-0.3, -0.25) is 0 Å². The number of nitrogens with one attached hydrogen (secondary N) is 2. The fourth-order valence-electron chi connectivity index (χ4n) is 4.50. The highest BCUT2D eigenvalue weighted by Gasteiger charge is 2.39. The van der Waals surface area contributed by atoms with E-state index in [1.54, 1.807) is 0 Å². The van der Waals surface area contributed by atoms with Crippen LogP contribution in [0, 0.1) is 0 Å². The largest absolute Gasteiger partial charge is 0.367 e. The maximum atomic E-state index is 3.28. The molecule has 4 aromatic rings. The van der Waals surface area contributed by atoms with Crippen LogP contribution in [0.1, 0.15) is 48.6 Å². The fraction of sp³-hybridized carbons (Fsp3) is 0.231. The minimum Gasteiger partial charge on any atom is -0.367 e. The van der Waals surface area contributed by atoms with E-state index in [1.165, 1.54) is 38.9 Å². The summed E-state index contributed by atoms with van der Waals surface area (Å²) in [7, 11) is 6.14. The second-order valence-corrected chi connectivity index (χ2v) is 10.1. The Labute approximate surface area is 184 Å². The molecule has 0 bridgehead atoms. The number of aromatic amines is 2. The smallest absolute Gasteiger partial charge is 0.0626 e. The van der Waals surface area contributed by atoms with Crippen molar-refractivity contribution in [2.45, 2.75) is 37.5 Å². The molecule has 30 heavy (non-hydrogen) atoms. The summed E-state index contributed by atoms with van der Waals surface area (Å²) in [5.74, 6) is 0. The van der Waals surface area contributed by atoms with Gasteiger partial charge in [-0.25, -0.2) is 0 Å². The lowest BCUT2D eigenvalue weighted by Crippen LogP contribution is -2.29. The van der Waals surface area contributed by atoms with Crippen LogP contribution in [0.4, 0.5) is 0 Å². The SMILES string of the molecule is CC(C)(C)c1c(-c2ccccc2)ccc(CP)c1C(P)(c1cc[nH]c1)c1cc[nH]c1. The first-order valence-electron chi connectivity index (χ1n) is 10.3. The van der Waals surface area contributed by atoms with Crippen molar-refractivity contribution in [2.24, 2.45) is 0 Å². The van der Waals surface area contributed by atoms with E-state index in [0.717, 1.165) is 6.16 Å². The molecule has 2 unspecified atom stereocenters. The maximum Gasteiger partial charge on any atom is 0.0626 e. The van der Waals surface area contributed by atoms with Crippen LogP contribution in [-0.2, 0) is 16.7 Å². The van der Waals surface area contributed by atoms with Gasteiger partial charge in [-0.2, -0.15) is 0 Å². The van der Waals surface area contributed by atoms with Gasteiger partial charge in [0.25, 0.3) is 0 Å². The van der Waals surface area contributed by atoms with Gasteiger partial charge in [-0.1, -0.05) is 63.2 Å². The van der Waals surface area contributed by atoms with Crippen LogP contribution in [0.3, 0.4) is 0 Å². The third-order valence-electron chi connectivity index (χ3n) is 5.85. The average Bonchev–Trinajstić information content (AvgIpc) is 3.47. The van der Waals surface area contributed by atoms with Crippen molar-refractivity contribution in [2.75, 3.05) is 0 Å². The summed E-state index contributed by atoms with van der Waals surface area (Å²) in [5, 5.41) is -0.362. The van der Waals surface area contributed by atoms with Crippen molar-refractivity contribution in [3.8, 4) is 11.1 Å². The van der Waals surface area contributed by atoms with Crippen LogP contribution in [0.15, 0.2) is 79.4 Å². The molecule has 0 fully saturated rings. The monoisotopic (exact) mass is 432 g/mol. The van der Waals surface area contributed by atoms with E-state index in [4.69, 9.17) is 0 Å². The predicted octanol–water partition coefficient (Wildman–Crippen LogP) is 6.85. The molecule has 4 heteroatoms. The Bertz CT molecular complexity index is 1070. The third kappa shape index (κ3) is 3.58. The average molecular weight is 432 g/mol. The Morgan fingerprint density at radius 3 is 1.83 bits per heavy atom. The summed E-state index contributed by atoms with van der Waals surface area (Å²) in [4.78, 5) is 6.56. The number of hydrogen-bond acceptors (Lipinski definition) is 0. The van der Waals surface area contributed by atoms with Crippen molar-refractivity contribution in [1.29, 1.82) is 0 Å². The van der Waals surface area contributed by atoms with E-state index in [-0.39, 0.29) is 10.6 Å². The van der Waals surface area contributed by atoms with Gasteiger partial charge in [0, 0.05) is 24.8 Å². The molecule has 4 rings (SSSR count). The normalized spacial score (nSPS) is 12.3. The quantitative estimate of drug-likeness (QED) is 0.323. The van der Waals surface area contributed by atoms with E-state index < -0.39 is 0 Å². The minimum atomic E-state index is -0.362. The Kier molecular flexibility index (Phi) is 5.75. The van der Waals surface area contributed by atoms with E-state index in [1.807, 2.05) is 12.4 Å². The van der Waals surface area contributed by atoms with Crippen molar-refractivity contribution in [3.63, 3.8) is 0 Å². The molecule has 2 atom stereocenters. The molecule has 2 aromatic heterocycles. The zero-order valence-corrected chi connectivity index (χ0v) is 20.2. The van der Waals surface area contributed by atoms with Gasteiger partial charge < -0.3 is 9.97 Å². The fourth-order valence-corrected chi connectivity index (χ4v) is 5.53. The Morgan fingerprint density at radius 1 is 0.767 bits per heavy atom. The minimum absolute atomic E-state index is 0.0369. The van der Waals surface area contributed by atoms with Crippen LogP contribution in [-0.4, -0.2) is 9.97 Å². The molecule has 0 amide bonds. The van der Waals surface area contributed by atoms with Crippen molar-refractivity contribution in [3.05, 3.63) is 107 Å². The number of hydrogen-bond donors (Lipinski definition) is 2. The Morgan fingerprint density at radius 2 is 1.37 bits per heavy atom. The molecule has 2 nitrogen and oxygen atoms in total. The zero-order valence-electron chi connectivity index (χ0n) is 17.9. The third-order valence-corrected chi connectivity index (χ3v) is 7.24. The van der Waals surface area contributed by atoms with Gasteiger partial charge in [0.15, 0.2) is 0 Å². The lowest BCUT2D eigenvalue weighted by atomic mass is 9.71. The van der Waals surface area contributed by atoms with Crippen LogP contribution < -0.4 is 0 Å². The summed E-state index contributed by atoms with van der Waals surface area (Å²) >= 11 is 0. The van der Waals surface area contributed by atoms with E-state index >= 15 is 0 Å². The lowest BCUT2D eigenvalue weighted by Gasteiger charge is -2.38. The second kappa shape index (κ2) is 8.18. The standard InChI is InChI=1S/C26H30N2P2/c1-25(2,3)24-22(18-7-5-4-6-8-18)10-9-19(17-29)23(24)26(30,20-11-13-27-15-20)21-12-14-28-16-21/h4-16,27-28H,17,29-30H2,1-3H3. The molecule has 0 saturated carbocycles. The molecule has 0 saturated heterocycles. The van der Waals surface area contributed by atoms with Crippen molar-refractivity contribution in [1.82, 2.24) is 9.97 Å². The topological polar surface area (TPSA) is 31.6 Å². The van der Waals surface area contributed by atoms with Crippen LogP contribution >= 0.6 is 18.5 Å². The van der Waals surface area contributed by atoms with E-state index in [2.05, 4.69) is 116 Å². The second-order valence-electron chi connectivity index (χ2n) is 8.85. The molecule has 0 aliphatic carbocycles. The zero-order chi connectivity index (χ0) is 21.4. The number of rotatable bonds is 5. The highest BCUT2D eigenvalue weighted by atomic mass is 31.0. The first-order valence-corrected chi connectivity index (χ1v) is 11.7. The summed E-state index contributed by atoms with van der Waals surface area (Å²) in [6, 6.07) is 19.7. The Hall–Kier alpha value is -2.14. The number of H-pyrrole nitrogens is 2. The molecular formula is C26H30N2P2. The highest BCUT2D eigenvalue weighted by molar-refractivity contribution is 7.19. The van der Waals surface area contributed by atoms with E-state index in [0.29, 0.717) is 0 Å². The molecule has 154 valence electrons. The van der Waals surface area contributed by atoms with Crippen molar-refractivity contribution < 1.29 is 0 Å². The van der Waals surface area contributed by atoms with Crippen LogP contribution in [0.2, 0.25) is 0 Å². The summed E-state index contributed by atoms with van der Waals surface area (Å²) in [5.41, 5.74) is 9.12. The molecular weight excluding hydrogens is 402 g/mol. The van der Waals surface area contributed by atoms with Gasteiger partial charge in [0.1, 0.15) is 0 Å². The van der Waals surface area contributed by atoms with E-state index in [9.17, 15) is 0 Å². The lowest BCUT2D eigenvalue weighted by molar-refractivity contribution is 0.578. The molecule has 2 heterocycles. The highest BCUT2D eigenvalue weighted by Crippen LogP contribution is 2.52.